The molecule has 0 spiro atoms. The van der Waals surface area contributed by atoms with Gasteiger partial charge in [0.05, 0.1) is 13.4 Å². The van der Waals surface area contributed by atoms with E-state index in [-0.39, 0.29) is 6.04 Å². The van der Waals surface area contributed by atoms with Gasteiger partial charge in [-0.3, -0.25) is 0 Å². The van der Waals surface area contributed by atoms with Gasteiger partial charge in [-0.1, -0.05) is 30.3 Å². The molecule has 142 valence electrons. The number of furan rings is 1. The molecule has 0 aliphatic carbocycles. The number of ether oxygens (including phenoxy) is 1. The molecule has 0 saturated heterocycles. The SMILES string of the molecule is COc1ccc(Nc2nc(C[NH2+][C@@H](c3ccccc3)c3ccco3)cs2)cc1. The summed E-state index contributed by atoms with van der Waals surface area (Å²) < 4.78 is 10.9. The maximum Gasteiger partial charge on any atom is 0.187 e. The molecule has 0 unspecified atom stereocenters. The van der Waals surface area contributed by atoms with E-state index < -0.39 is 0 Å². The monoisotopic (exact) mass is 392 g/mol. The number of hydrogen-bond acceptors (Lipinski definition) is 5. The molecule has 28 heavy (non-hydrogen) atoms. The molecule has 2 aromatic carbocycles. The van der Waals surface area contributed by atoms with Gasteiger partial charge in [-0.2, -0.15) is 0 Å². The molecule has 2 heterocycles. The summed E-state index contributed by atoms with van der Waals surface area (Å²) in [6.45, 7) is 0.765. The Labute approximate surface area is 168 Å². The second kappa shape index (κ2) is 8.73. The largest absolute Gasteiger partial charge is 0.497 e. The first kappa shape index (κ1) is 18.3. The second-order valence-electron chi connectivity index (χ2n) is 6.34. The van der Waals surface area contributed by atoms with Gasteiger partial charge < -0.3 is 19.8 Å². The van der Waals surface area contributed by atoms with Crippen LogP contribution in [-0.2, 0) is 6.54 Å². The van der Waals surface area contributed by atoms with Crippen LogP contribution in [0.25, 0.3) is 0 Å². The summed E-state index contributed by atoms with van der Waals surface area (Å²) in [6.07, 6.45) is 1.72. The summed E-state index contributed by atoms with van der Waals surface area (Å²) in [5, 5.41) is 8.56. The van der Waals surface area contributed by atoms with Crippen molar-refractivity contribution in [1.82, 2.24) is 4.98 Å². The zero-order valence-corrected chi connectivity index (χ0v) is 16.4. The minimum absolute atomic E-state index is 0.107. The molecule has 1 atom stereocenters. The van der Waals surface area contributed by atoms with Gasteiger partial charge in [0, 0.05) is 16.6 Å². The van der Waals surface area contributed by atoms with Crippen LogP contribution < -0.4 is 15.4 Å². The van der Waals surface area contributed by atoms with E-state index in [1.54, 1.807) is 24.7 Å². The average molecular weight is 393 g/mol. The molecular formula is C22H22N3O2S+. The van der Waals surface area contributed by atoms with E-state index in [1.807, 2.05) is 42.5 Å². The van der Waals surface area contributed by atoms with Gasteiger partial charge >= 0.3 is 0 Å². The summed E-state index contributed by atoms with van der Waals surface area (Å²) in [6, 6.07) is 22.3. The number of methoxy groups -OCH3 is 1. The molecule has 3 N–H and O–H groups in total. The predicted molar refractivity (Wildman–Crippen MR) is 111 cm³/mol. The van der Waals surface area contributed by atoms with Crippen LogP contribution in [0.1, 0.15) is 23.1 Å². The summed E-state index contributed by atoms with van der Waals surface area (Å²) >= 11 is 1.60. The summed E-state index contributed by atoms with van der Waals surface area (Å²) in [5.41, 5.74) is 3.24. The van der Waals surface area contributed by atoms with Gasteiger partial charge in [-0.05, 0) is 36.4 Å². The van der Waals surface area contributed by atoms with Gasteiger partial charge in [0.25, 0.3) is 0 Å². The van der Waals surface area contributed by atoms with Crippen molar-refractivity contribution in [3.63, 3.8) is 0 Å². The first-order valence-corrected chi connectivity index (χ1v) is 9.97. The highest BCUT2D eigenvalue weighted by atomic mass is 32.1. The van der Waals surface area contributed by atoms with Crippen molar-refractivity contribution in [2.75, 3.05) is 12.4 Å². The summed E-state index contributed by atoms with van der Waals surface area (Å²) in [7, 11) is 1.66. The number of nitrogens with two attached hydrogens (primary N) is 1. The molecule has 0 radical (unpaired) electrons. The number of hydrogen-bond donors (Lipinski definition) is 2. The maximum absolute atomic E-state index is 5.67. The van der Waals surface area contributed by atoms with E-state index in [0.717, 1.165) is 34.6 Å². The number of nitrogens with zero attached hydrogens (tertiary/aromatic N) is 1. The molecule has 2 aromatic heterocycles. The smallest absolute Gasteiger partial charge is 0.187 e. The van der Waals surface area contributed by atoms with E-state index in [1.165, 1.54) is 5.56 Å². The van der Waals surface area contributed by atoms with Gasteiger partial charge in [0.2, 0.25) is 0 Å². The number of benzene rings is 2. The lowest BCUT2D eigenvalue weighted by Gasteiger charge is -2.13. The minimum atomic E-state index is 0.107. The minimum Gasteiger partial charge on any atom is -0.497 e. The van der Waals surface area contributed by atoms with Crippen molar-refractivity contribution in [3.05, 3.63) is 95.4 Å². The first-order valence-electron chi connectivity index (χ1n) is 9.09. The molecule has 0 amide bonds. The lowest BCUT2D eigenvalue weighted by atomic mass is 10.0. The highest BCUT2D eigenvalue weighted by Gasteiger charge is 2.20. The molecular weight excluding hydrogens is 370 g/mol. The normalized spacial score (nSPS) is 11.9. The molecule has 6 heteroatoms. The zero-order chi connectivity index (χ0) is 19.2. The van der Waals surface area contributed by atoms with E-state index in [4.69, 9.17) is 14.1 Å². The molecule has 0 saturated carbocycles. The first-order chi connectivity index (χ1) is 13.8. The molecule has 0 aliphatic rings. The van der Waals surface area contributed by atoms with Crippen LogP contribution in [0.4, 0.5) is 10.8 Å². The van der Waals surface area contributed by atoms with E-state index >= 15 is 0 Å². The van der Waals surface area contributed by atoms with Gasteiger partial charge in [-0.25, -0.2) is 4.98 Å². The number of rotatable bonds is 8. The highest BCUT2D eigenvalue weighted by molar-refractivity contribution is 7.13. The molecule has 0 bridgehead atoms. The molecule has 0 fully saturated rings. The van der Waals surface area contributed by atoms with Crippen LogP contribution in [0.2, 0.25) is 0 Å². The third-order valence-corrected chi connectivity index (χ3v) is 5.27. The Kier molecular flexibility index (Phi) is 5.70. The lowest BCUT2D eigenvalue weighted by molar-refractivity contribution is -0.704. The van der Waals surface area contributed by atoms with E-state index in [9.17, 15) is 0 Å². The van der Waals surface area contributed by atoms with Crippen molar-refractivity contribution in [2.45, 2.75) is 12.6 Å². The van der Waals surface area contributed by atoms with Crippen LogP contribution >= 0.6 is 11.3 Å². The fourth-order valence-electron chi connectivity index (χ4n) is 3.04. The van der Waals surface area contributed by atoms with Crippen molar-refractivity contribution >= 4 is 22.2 Å². The summed E-state index contributed by atoms with van der Waals surface area (Å²) in [4.78, 5) is 4.71. The lowest BCUT2D eigenvalue weighted by Crippen LogP contribution is -2.83. The van der Waals surface area contributed by atoms with Crippen molar-refractivity contribution in [1.29, 1.82) is 0 Å². The van der Waals surface area contributed by atoms with Crippen LogP contribution in [0.5, 0.6) is 5.75 Å². The highest BCUT2D eigenvalue weighted by Crippen LogP contribution is 2.23. The Balaban J connectivity index is 1.42. The Morgan fingerprint density at radius 3 is 2.61 bits per heavy atom. The Morgan fingerprint density at radius 1 is 1.07 bits per heavy atom. The number of nitrogens with one attached hydrogen (secondary N) is 1. The average Bonchev–Trinajstić information content (AvgIpc) is 3.42. The Hall–Kier alpha value is -3.09. The van der Waals surface area contributed by atoms with Gasteiger partial charge in [-0.15, -0.1) is 11.3 Å². The van der Waals surface area contributed by atoms with Gasteiger partial charge in [0.1, 0.15) is 18.0 Å². The fourth-order valence-corrected chi connectivity index (χ4v) is 3.78. The third-order valence-electron chi connectivity index (χ3n) is 4.46. The molecule has 4 aromatic rings. The Bertz CT molecular complexity index is 982. The fraction of sp³-hybridized carbons (Fsp3) is 0.136. The van der Waals surface area contributed by atoms with E-state index in [0.29, 0.717) is 0 Å². The van der Waals surface area contributed by atoms with E-state index in [2.05, 4.69) is 40.3 Å². The van der Waals surface area contributed by atoms with Crippen molar-refractivity contribution in [3.8, 4) is 5.75 Å². The second-order valence-corrected chi connectivity index (χ2v) is 7.20. The molecule has 4 rings (SSSR count). The predicted octanol–water partition coefficient (Wildman–Crippen LogP) is 4.34. The zero-order valence-electron chi connectivity index (χ0n) is 15.5. The van der Waals surface area contributed by atoms with Crippen LogP contribution in [0.3, 0.4) is 0 Å². The molecule has 0 aliphatic heterocycles. The molecule has 5 nitrogen and oxygen atoms in total. The standard InChI is InChI=1S/C22H21N3O2S/c1-26-19-11-9-17(10-12-19)24-22-25-18(15-28-22)14-23-21(20-8-5-13-27-20)16-6-3-2-4-7-16/h2-13,15,21,23H,14H2,1H3,(H,24,25)/p+1/t21-/m0/s1. The third kappa shape index (κ3) is 4.42. The number of thiazole rings is 1. The van der Waals surface area contributed by atoms with Crippen molar-refractivity contribution < 1.29 is 14.5 Å². The van der Waals surface area contributed by atoms with Crippen molar-refractivity contribution in [2.24, 2.45) is 0 Å². The van der Waals surface area contributed by atoms with Crippen LogP contribution in [-0.4, -0.2) is 12.1 Å². The topological polar surface area (TPSA) is 63.9 Å². The van der Waals surface area contributed by atoms with Crippen LogP contribution in [0.15, 0.2) is 82.8 Å². The quantitative estimate of drug-likeness (QED) is 0.468. The number of aromatic nitrogens is 1. The van der Waals surface area contributed by atoms with Gasteiger partial charge in [0.15, 0.2) is 16.9 Å². The number of quaternary nitrogens is 1. The maximum atomic E-state index is 5.67. The Morgan fingerprint density at radius 2 is 1.89 bits per heavy atom. The number of anilines is 2. The van der Waals surface area contributed by atoms with Crippen LogP contribution in [0, 0.1) is 0 Å². The summed E-state index contributed by atoms with van der Waals surface area (Å²) in [5.74, 6) is 1.78.